The summed E-state index contributed by atoms with van der Waals surface area (Å²) < 4.78 is 39.0. The molecule has 0 radical (unpaired) electrons. The molecule has 2 aromatic rings. The van der Waals surface area contributed by atoms with Gasteiger partial charge in [-0.25, -0.2) is 0 Å². The Bertz CT molecular complexity index is 719. The van der Waals surface area contributed by atoms with Crippen molar-refractivity contribution in [2.24, 2.45) is 0 Å². The number of hydrogen-bond acceptors (Lipinski definition) is 1. The number of amides is 1. The van der Waals surface area contributed by atoms with Gasteiger partial charge in [0.15, 0.2) is 0 Å². The van der Waals surface area contributed by atoms with Crippen LogP contribution in [0.3, 0.4) is 0 Å². The molecule has 7 heteroatoms. The Hall–Kier alpha value is -1.34. The van der Waals surface area contributed by atoms with E-state index < -0.39 is 12.1 Å². The maximum atomic E-state index is 13.0. The van der Waals surface area contributed by atoms with Crippen molar-refractivity contribution in [1.82, 2.24) is 0 Å². The first-order chi connectivity index (χ1) is 11.3. The highest BCUT2D eigenvalue weighted by atomic mass is 79.9. The highest BCUT2D eigenvalue weighted by molar-refractivity contribution is 9.08. The summed E-state index contributed by atoms with van der Waals surface area (Å²) in [7, 11) is 0. The van der Waals surface area contributed by atoms with E-state index in [9.17, 15) is 18.0 Å². The molecule has 24 heavy (non-hydrogen) atoms. The molecule has 2 aromatic carbocycles. The van der Waals surface area contributed by atoms with Crippen molar-refractivity contribution in [3.8, 4) is 0 Å². The molecule has 0 aliphatic rings. The molecule has 0 atom stereocenters. The third kappa shape index (κ3) is 4.83. The molecule has 2 rings (SSSR count). The fraction of sp³-hybridized carbons (Fsp3) is 0.235. The monoisotopic (exact) mass is 463 g/mol. The van der Waals surface area contributed by atoms with Gasteiger partial charge in [0.2, 0.25) is 0 Å². The van der Waals surface area contributed by atoms with Crippen LogP contribution in [0.2, 0.25) is 0 Å². The lowest BCUT2D eigenvalue weighted by atomic mass is 10.1. The van der Waals surface area contributed by atoms with Gasteiger partial charge in [0.1, 0.15) is 0 Å². The SMILES string of the molecule is O=C(N(Cc1cccc(CBr)c1)c1cccc(CBr)c1)C(F)(F)F. The maximum Gasteiger partial charge on any atom is 0.471 e. The fourth-order valence-corrected chi connectivity index (χ4v) is 2.93. The van der Waals surface area contributed by atoms with Gasteiger partial charge in [0, 0.05) is 16.3 Å². The molecule has 0 unspecified atom stereocenters. The summed E-state index contributed by atoms with van der Waals surface area (Å²) in [5.74, 6) is -1.88. The van der Waals surface area contributed by atoms with E-state index in [0.717, 1.165) is 16.0 Å². The topological polar surface area (TPSA) is 20.3 Å². The van der Waals surface area contributed by atoms with Gasteiger partial charge in [0.25, 0.3) is 0 Å². The van der Waals surface area contributed by atoms with Crippen LogP contribution in [0.4, 0.5) is 18.9 Å². The number of alkyl halides is 5. The second kappa shape index (κ2) is 8.16. The van der Waals surface area contributed by atoms with E-state index in [-0.39, 0.29) is 12.2 Å². The second-order valence-corrected chi connectivity index (χ2v) is 6.27. The molecule has 0 spiro atoms. The van der Waals surface area contributed by atoms with Gasteiger partial charge in [-0.2, -0.15) is 13.2 Å². The lowest BCUT2D eigenvalue weighted by Crippen LogP contribution is -2.40. The molecule has 0 saturated carbocycles. The zero-order valence-corrected chi connectivity index (χ0v) is 15.7. The van der Waals surface area contributed by atoms with E-state index in [2.05, 4.69) is 31.9 Å². The van der Waals surface area contributed by atoms with E-state index in [4.69, 9.17) is 0 Å². The predicted molar refractivity (Wildman–Crippen MR) is 95.4 cm³/mol. The van der Waals surface area contributed by atoms with Crippen LogP contribution in [0.25, 0.3) is 0 Å². The molecule has 0 aliphatic carbocycles. The first-order valence-corrected chi connectivity index (χ1v) is 9.27. The maximum absolute atomic E-state index is 13.0. The Kier molecular flexibility index (Phi) is 6.46. The van der Waals surface area contributed by atoms with Crippen molar-refractivity contribution >= 4 is 43.5 Å². The lowest BCUT2D eigenvalue weighted by molar-refractivity contribution is -0.170. The Balaban J connectivity index is 2.40. The highest BCUT2D eigenvalue weighted by Gasteiger charge is 2.43. The van der Waals surface area contributed by atoms with Crippen LogP contribution in [0.5, 0.6) is 0 Å². The van der Waals surface area contributed by atoms with Gasteiger partial charge in [-0.1, -0.05) is 68.3 Å². The zero-order chi connectivity index (χ0) is 17.7. The summed E-state index contributed by atoms with van der Waals surface area (Å²) in [5, 5.41) is 1.08. The summed E-state index contributed by atoms with van der Waals surface area (Å²) in [6.07, 6.45) is -4.93. The molecule has 0 aliphatic heterocycles. The number of carbonyl (C=O) groups is 1. The molecule has 1 amide bonds. The van der Waals surface area contributed by atoms with Gasteiger partial charge < -0.3 is 4.90 Å². The van der Waals surface area contributed by atoms with Gasteiger partial charge in [-0.15, -0.1) is 0 Å². The zero-order valence-electron chi connectivity index (χ0n) is 12.5. The van der Waals surface area contributed by atoms with Gasteiger partial charge in [-0.05, 0) is 28.8 Å². The molecular formula is C17H14Br2F3NO. The van der Waals surface area contributed by atoms with Crippen LogP contribution >= 0.6 is 31.9 Å². The number of anilines is 1. The molecule has 0 bridgehead atoms. The molecule has 128 valence electrons. The van der Waals surface area contributed by atoms with Gasteiger partial charge >= 0.3 is 12.1 Å². The number of benzene rings is 2. The first kappa shape index (κ1) is 19.0. The number of hydrogen-bond donors (Lipinski definition) is 0. The minimum absolute atomic E-state index is 0.148. The van der Waals surface area contributed by atoms with Crippen LogP contribution in [0.1, 0.15) is 16.7 Å². The quantitative estimate of drug-likeness (QED) is 0.529. The van der Waals surface area contributed by atoms with Crippen LogP contribution in [0.15, 0.2) is 48.5 Å². The molecule has 0 saturated heterocycles. The summed E-state index contributed by atoms with van der Waals surface area (Å²) in [6.45, 7) is -0.148. The van der Waals surface area contributed by atoms with E-state index in [1.165, 1.54) is 6.07 Å². The van der Waals surface area contributed by atoms with Gasteiger partial charge in [0.05, 0.1) is 6.54 Å². The third-order valence-electron chi connectivity index (χ3n) is 3.35. The van der Waals surface area contributed by atoms with E-state index in [0.29, 0.717) is 16.2 Å². The standard InChI is InChI=1S/C17H14Br2F3NO/c18-9-12-3-1-5-14(7-12)11-23(16(24)17(20,21)22)15-6-2-4-13(8-15)10-19/h1-8H,9-11H2. The van der Waals surface area contributed by atoms with Crippen molar-refractivity contribution in [2.75, 3.05) is 4.90 Å². The van der Waals surface area contributed by atoms with Crippen LogP contribution in [-0.4, -0.2) is 12.1 Å². The minimum Gasteiger partial charge on any atom is -0.300 e. The largest absolute Gasteiger partial charge is 0.471 e. The van der Waals surface area contributed by atoms with Crippen molar-refractivity contribution in [3.05, 3.63) is 65.2 Å². The van der Waals surface area contributed by atoms with Crippen molar-refractivity contribution < 1.29 is 18.0 Å². The number of carbonyl (C=O) groups excluding carboxylic acids is 1. The fourth-order valence-electron chi connectivity index (χ4n) is 2.23. The van der Waals surface area contributed by atoms with Crippen LogP contribution in [-0.2, 0) is 22.0 Å². The molecule has 0 heterocycles. The Labute approximate surface area is 154 Å². The molecule has 2 nitrogen and oxygen atoms in total. The summed E-state index contributed by atoms with van der Waals surface area (Å²) >= 11 is 6.59. The van der Waals surface area contributed by atoms with Crippen molar-refractivity contribution in [2.45, 2.75) is 23.4 Å². The molecular weight excluding hydrogens is 451 g/mol. The molecule has 0 N–H and O–H groups in total. The number of rotatable bonds is 5. The Morgan fingerprint density at radius 3 is 2.04 bits per heavy atom. The number of nitrogens with zero attached hydrogens (tertiary/aromatic N) is 1. The smallest absolute Gasteiger partial charge is 0.300 e. The summed E-state index contributed by atoms with van der Waals surface area (Å²) in [4.78, 5) is 12.7. The van der Waals surface area contributed by atoms with Crippen LogP contribution in [0, 0.1) is 0 Å². The lowest BCUT2D eigenvalue weighted by Gasteiger charge is -2.24. The Morgan fingerprint density at radius 1 is 0.917 bits per heavy atom. The van der Waals surface area contributed by atoms with E-state index in [1.807, 2.05) is 6.07 Å². The van der Waals surface area contributed by atoms with Crippen molar-refractivity contribution in [1.29, 1.82) is 0 Å². The van der Waals surface area contributed by atoms with Crippen LogP contribution < -0.4 is 4.90 Å². The van der Waals surface area contributed by atoms with E-state index in [1.54, 1.807) is 36.4 Å². The number of halogens is 5. The average molecular weight is 465 g/mol. The van der Waals surface area contributed by atoms with Gasteiger partial charge in [-0.3, -0.25) is 4.79 Å². The normalized spacial score (nSPS) is 11.4. The average Bonchev–Trinajstić information content (AvgIpc) is 2.58. The predicted octanol–water partition coefficient (Wildman–Crippen LogP) is 5.57. The second-order valence-electron chi connectivity index (χ2n) is 5.15. The van der Waals surface area contributed by atoms with E-state index >= 15 is 0 Å². The summed E-state index contributed by atoms with van der Waals surface area (Å²) in [6, 6.07) is 13.6. The van der Waals surface area contributed by atoms with Crippen molar-refractivity contribution in [3.63, 3.8) is 0 Å². The molecule has 0 aromatic heterocycles. The minimum atomic E-state index is -4.93. The first-order valence-electron chi connectivity index (χ1n) is 7.02. The third-order valence-corrected chi connectivity index (χ3v) is 4.65. The Morgan fingerprint density at radius 2 is 1.46 bits per heavy atom. The summed E-state index contributed by atoms with van der Waals surface area (Å²) in [5.41, 5.74) is 2.58. The molecule has 0 fully saturated rings. The highest BCUT2D eigenvalue weighted by Crippen LogP contribution is 2.27.